The molecule has 0 aromatic heterocycles. The van der Waals surface area contributed by atoms with Gasteiger partial charge in [0.25, 0.3) is 5.69 Å². The number of morpholine rings is 1. The van der Waals surface area contributed by atoms with E-state index in [9.17, 15) is 14.9 Å². The molecule has 1 aliphatic heterocycles. The zero-order valence-corrected chi connectivity index (χ0v) is 16.4. The molecule has 8 nitrogen and oxygen atoms in total. The molecule has 0 aliphatic carbocycles. The van der Waals surface area contributed by atoms with Gasteiger partial charge in [-0.25, -0.2) is 0 Å². The lowest BCUT2D eigenvalue weighted by atomic mass is 9.98. The SMILES string of the molecule is C[C@@H](NC(=O)CNc1cccc([N+](=O)[O-])c1)[C@H](c1ccccc1)N1CCOCC1. The van der Waals surface area contributed by atoms with Crippen LogP contribution in [0.25, 0.3) is 0 Å². The molecule has 2 atom stereocenters. The van der Waals surface area contributed by atoms with Gasteiger partial charge in [0.1, 0.15) is 0 Å². The molecule has 1 heterocycles. The number of nitrogens with one attached hydrogen (secondary N) is 2. The van der Waals surface area contributed by atoms with Gasteiger partial charge in [-0.3, -0.25) is 19.8 Å². The van der Waals surface area contributed by atoms with Crippen molar-refractivity contribution < 1.29 is 14.5 Å². The lowest BCUT2D eigenvalue weighted by molar-refractivity contribution is -0.384. The van der Waals surface area contributed by atoms with Crippen LogP contribution in [0.1, 0.15) is 18.5 Å². The number of carbonyl (C=O) groups excluding carboxylic acids is 1. The van der Waals surface area contributed by atoms with E-state index in [2.05, 4.69) is 27.7 Å². The summed E-state index contributed by atoms with van der Waals surface area (Å²) in [7, 11) is 0. The number of hydrogen-bond donors (Lipinski definition) is 2. The first-order valence-corrected chi connectivity index (χ1v) is 9.69. The fourth-order valence-corrected chi connectivity index (χ4v) is 3.62. The van der Waals surface area contributed by atoms with Crippen LogP contribution in [0.5, 0.6) is 0 Å². The number of rotatable bonds is 8. The first-order valence-electron chi connectivity index (χ1n) is 9.69. The minimum Gasteiger partial charge on any atom is -0.379 e. The molecule has 0 spiro atoms. The summed E-state index contributed by atoms with van der Waals surface area (Å²) in [4.78, 5) is 25.3. The molecular weight excluding hydrogens is 372 g/mol. The van der Waals surface area contributed by atoms with Crippen LogP contribution < -0.4 is 10.6 Å². The minimum absolute atomic E-state index is 0.0137. The zero-order valence-electron chi connectivity index (χ0n) is 16.4. The molecule has 1 fully saturated rings. The van der Waals surface area contributed by atoms with E-state index in [1.165, 1.54) is 12.1 Å². The van der Waals surface area contributed by atoms with Gasteiger partial charge in [-0.2, -0.15) is 0 Å². The smallest absolute Gasteiger partial charge is 0.271 e. The van der Waals surface area contributed by atoms with Crippen molar-refractivity contribution in [3.63, 3.8) is 0 Å². The van der Waals surface area contributed by atoms with Crippen molar-refractivity contribution in [2.75, 3.05) is 38.2 Å². The molecule has 0 bridgehead atoms. The number of anilines is 1. The van der Waals surface area contributed by atoms with Crippen LogP contribution in [0, 0.1) is 10.1 Å². The lowest BCUT2D eigenvalue weighted by Gasteiger charge is -2.38. The van der Waals surface area contributed by atoms with E-state index < -0.39 is 4.92 Å². The quantitative estimate of drug-likeness (QED) is 0.524. The molecule has 1 aliphatic rings. The highest BCUT2D eigenvalue weighted by molar-refractivity contribution is 5.81. The predicted molar refractivity (Wildman–Crippen MR) is 111 cm³/mol. The average molecular weight is 398 g/mol. The number of non-ortho nitro benzene ring substituents is 1. The van der Waals surface area contributed by atoms with Crippen LogP contribution >= 0.6 is 0 Å². The van der Waals surface area contributed by atoms with E-state index in [1.54, 1.807) is 12.1 Å². The van der Waals surface area contributed by atoms with Crippen LogP contribution in [-0.2, 0) is 9.53 Å². The largest absolute Gasteiger partial charge is 0.379 e. The fraction of sp³-hybridized carbons (Fsp3) is 0.381. The normalized spacial score (nSPS) is 16.6. The van der Waals surface area contributed by atoms with Crippen molar-refractivity contribution in [2.45, 2.75) is 19.0 Å². The van der Waals surface area contributed by atoms with Crippen molar-refractivity contribution >= 4 is 17.3 Å². The van der Waals surface area contributed by atoms with Gasteiger partial charge in [-0.05, 0) is 18.6 Å². The molecule has 0 unspecified atom stereocenters. The third-order valence-corrected chi connectivity index (χ3v) is 4.95. The van der Waals surface area contributed by atoms with Gasteiger partial charge < -0.3 is 15.4 Å². The van der Waals surface area contributed by atoms with E-state index >= 15 is 0 Å². The van der Waals surface area contributed by atoms with Crippen molar-refractivity contribution in [1.29, 1.82) is 0 Å². The fourth-order valence-electron chi connectivity index (χ4n) is 3.62. The van der Waals surface area contributed by atoms with Crippen LogP contribution in [-0.4, -0.2) is 54.6 Å². The van der Waals surface area contributed by atoms with Crippen molar-refractivity contribution in [3.8, 4) is 0 Å². The molecule has 2 aromatic carbocycles. The Morgan fingerprint density at radius 2 is 1.90 bits per heavy atom. The molecular formula is C21H26N4O4. The number of hydrogen-bond acceptors (Lipinski definition) is 6. The second-order valence-corrected chi connectivity index (χ2v) is 7.02. The highest BCUT2D eigenvalue weighted by Crippen LogP contribution is 2.25. The van der Waals surface area contributed by atoms with Gasteiger partial charge in [-0.15, -0.1) is 0 Å². The Hall–Kier alpha value is -2.97. The Kier molecular flexibility index (Phi) is 7.15. The summed E-state index contributed by atoms with van der Waals surface area (Å²) in [5, 5.41) is 16.9. The molecule has 1 amide bonds. The molecule has 1 saturated heterocycles. The summed E-state index contributed by atoms with van der Waals surface area (Å²) in [5.74, 6) is -0.168. The molecule has 29 heavy (non-hydrogen) atoms. The number of nitro benzene ring substituents is 1. The van der Waals surface area contributed by atoms with Crippen LogP contribution in [0.3, 0.4) is 0 Å². The second kappa shape index (κ2) is 9.99. The summed E-state index contributed by atoms with van der Waals surface area (Å²) in [6.07, 6.45) is 0. The predicted octanol–water partition coefficient (Wildman–Crippen LogP) is 2.58. The summed E-state index contributed by atoms with van der Waals surface area (Å²) in [5.41, 5.74) is 1.67. The third kappa shape index (κ3) is 5.75. The van der Waals surface area contributed by atoms with E-state index in [-0.39, 0.29) is 30.2 Å². The van der Waals surface area contributed by atoms with Gasteiger partial charge in [-0.1, -0.05) is 36.4 Å². The molecule has 3 rings (SSSR count). The Bertz CT molecular complexity index is 824. The highest BCUT2D eigenvalue weighted by atomic mass is 16.6. The van der Waals surface area contributed by atoms with Crippen molar-refractivity contribution in [3.05, 3.63) is 70.3 Å². The summed E-state index contributed by atoms with van der Waals surface area (Å²) in [6.45, 7) is 5.02. The van der Waals surface area contributed by atoms with E-state index in [0.717, 1.165) is 18.7 Å². The maximum Gasteiger partial charge on any atom is 0.271 e. The van der Waals surface area contributed by atoms with Gasteiger partial charge in [0.15, 0.2) is 0 Å². The number of ether oxygens (including phenoxy) is 1. The van der Waals surface area contributed by atoms with E-state index in [1.807, 2.05) is 25.1 Å². The van der Waals surface area contributed by atoms with Crippen LogP contribution in [0.4, 0.5) is 11.4 Å². The zero-order chi connectivity index (χ0) is 20.6. The molecule has 154 valence electrons. The maximum absolute atomic E-state index is 12.5. The van der Waals surface area contributed by atoms with Gasteiger partial charge >= 0.3 is 0 Å². The standard InChI is InChI=1S/C21H26N4O4/c1-16(21(17-6-3-2-4-7-17)24-10-12-29-13-11-24)23-20(26)15-22-18-8-5-9-19(14-18)25(27)28/h2-9,14,16,21-22H,10-13,15H2,1H3,(H,23,26)/t16-,21-/m1/s1. The Morgan fingerprint density at radius 3 is 2.59 bits per heavy atom. The average Bonchev–Trinajstić information content (AvgIpc) is 2.74. The van der Waals surface area contributed by atoms with Gasteiger partial charge in [0.2, 0.25) is 5.91 Å². The molecule has 2 aromatic rings. The molecule has 0 radical (unpaired) electrons. The van der Waals surface area contributed by atoms with E-state index in [4.69, 9.17) is 4.74 Å². The Labute approximate surface area is 170 Å². The van der Waals surface area contributed by atoms with Crippen LogP contribution in [0.2, 0.25) is 0 Å². The second-order valence-electron chi connectivity index (χ2n) is 7.02. The van der Waals surface area contributed by atoms with Crippen molar-refractivity contribution in [2.24, 2.45) is 0 Å². The highest BCUT2D eigenvalue weighted by Gasteiger charge is 2.28. The Morgan fingerprint density at radius 1 is 1.17 bits per heavy atom. The summed E-state index contributed by atoms with van der Waals surface area (Å²) in [6, 6.07) is 16.2. The minimum atomic E-state index is -0.458. The Balaban J connectivity index is 1.62. The molecule has 8 heteroatoms. The molecule has 0 saturated carbocycles. The lowest BCUT2D eigenvalue weighted by Crippen LogP contribution is -2.49. The van der Waals surface area contributed by atoms with Crippen LogP contribution in [0.15, 0.2) is 54.6 Å². The monoisotopic (exact) mass is 398 g/mol. The number of amides is 1. The number of carbonyl (C=O) groups is 1. The van der Waals surface area contributed by atoms with Crippen molar-refractivity contribution in [1.82, 2.24) is 10.2 Å². The summed E-state index contributed by atoms with van der Waals surface area (Å²) < 4.78 is 5.47. The van der Waals surface area contributed by atoms with E-state index in [0.29, 0.717) is 18.9 Å². The number of benzene rings is 2. The summed E-state index contributed by atoms with van der Waals surface area (Å²) >= 11 is 0. The molecule has 2 N–H and O–H groups in total. The topological polar surface area (TPSA) is 96.7 Å². The number of nitro groups is 1. The van der Waals surface area contributed by atoms with Gasteiger partial charge in [0, 0.05) is 37.0 Å². The maximum atomic E-state index is 12.5. The van der Waals surface area contributed by atoms with Gasteiger partial charge in [0.05, 0.1) is 30.7 Å². The first-order chi connectivity index (χ1) is 14.0. The third-order valence-electron chi connectivity index (χ3n) is 4.95. The first kappa shape index (κ1) is 20.8. The number of nitrogens with zero attached hydrogens (tertiary/aromatic N) is 2.